The van der Waals surface area contributed by atoms with E-state index in [1.807, 2.05) is 41.8 Å². The van der Waals surface area contributed by atoms with Crippen LogP contribution in [0.25, 0.3) is 10.6 Å². The van der Waals surface area contributed by atoms with Crippen LogP contribution in [0.15, 0.2) is 54.2 Å². The third kappa shape index (κ3) is 4.46. The number of carbonyl (C=O) groups is 1. The molecule has 2 aromatic heterocycles. The minimum Gasteiger partial charge on any atom is -0.372 e. The lowest BCUT2D eigenvalue weighted by Crippen LogP contribution is -2.21. The summed E-state index contributed by atoms with van der Waals surface area (Å²) < 4.78 is 0. The zero-order valence-corrected chi connectivity index (χ0v) is 15.8. The van der Waals surface area contributed by atoms with Crippen LogP contribution in [-0.2, 0) is 11.2 Å². The summed E-state index contributed by atoms with van der Waals surface area (Å²) >= 11 is 1.52. The second-order valence-electron chi connectivity index (χ2n) is 5.83. The Morgan fingerprint density at radius 2 is 1.92 bits per heavy atom. The summed E-state index contributed by atoms with van der Waals surface area (Å²) in [5.41, 5.74) is 3.70. The molecule has 1 N–H and O–H groups in total. The molecule has 0 saturated carbocycles. The molecule has 134 valence electrons. The Balaban J connectivity index is 1.60. The van der Waals surface area contributed by atoms with Crippen LogP contribution in [-0.4, -0.2) is 29.0 Å². The largest absolute Gasteiger partial charge is 0.372 e. The van der Waals surface area contributed by atoms with Gasteiger partial charge in [-0.1, -0.05) is 0 Å². The fraction of sp³-hybridized carbons (Fsp3) is 0.250. The van der Waals surface area contributed by atoms with Crippen LogP contribution in [0.4, 0.5) is 11.4 Å². The summed E-state index contributed by atoms with van der Waals surface area (Å²) in [7, 11) is 0. The van der Waals surface area contributed by atoms with Gasteiger partial charge in [-0.2, -0.15) is 0 Å². The first-order valence-corrected chi connectivity index (χ1v) is 9.57. The van der Waals surface area contributed by atoms with Crippen molar-refractivity contribution < 1.29 is 4.79 Å². The summed E-state index contributed by atoms with van der Waals surface area (Å²) in [6, 6.07) is 11.8. The Labute approximate surface area is 157 Å². The summed E-state index contributed by atoms with van der Waals surface area (Å²) in [5.74, 6) is -0.0661. The molecule has 0 saturated heterocycles. The Bertz CT molecular complexity index is 842. The van der Waals surface area contributed by atoms with Crippen molar-refractivity contribution in [2.75, 3.05) is 23.3 Å². The van der Waals surface area contributed by atoms with Gasteiger partial charge in [0.1, 0.15) is 5.01 Å². The number of carbonyl (C=O) groups excluding carboxylic acids is 1. The maximum absolute atomic E-state index is 12.3. The number of rotatable bonds is 7. The number of pyridine rings is 1. The van der Waals surface area contributed by atoms with Gasteiger partial charge in [0, 0.05) is 47.8 Å². The fourth-order valence-corrected chi connectivity index (χ4v) is 3.53. The van der Waals surface area contributed by atoms with Crippen LogP contribution >= 0.6 is 11.3 Å². The van der Waals surface area contributed by atoms with E-state index in [9.17, 15) is 4.79 Å². The summed E-state index contributed by atoms with van der Waals surface area (Å²) in [6.45, 7) is 6.19. The topological polar surface area (TPSA) is 58.1 Å². The van der Waals surface area contributed by atoms with Gasteiger partial charge in [0.15, 0.2) is 0 Å². The minimum atomic E-state index is -0.0661. The fourth-order valence-electron chi connectivity index (χ4n) is 2.72. The lowest BCUT2D eigenvalue weighted by Gasteiger charge is -2.21. The number of benzene rings is 1. The van der Waals surface area contributed by atoms with Crippen LogP contribution in [0, 0.1) is 0 Å². The second-order valence-corrected chi connectivity index (χ2v) is 6.69. The van der Waals surface area contributed by atoms with Crippen LogP contribution in [0.1, 0.15) is 19.5 Å². The molecule has 1 amide bonds. The van der Waals surface area contributed by atoms with Crippen LogP contribution < -0.4 is 10.2 Å². The van der Waals surface area contributed by atoms with Crippen molar-refractivity contribution >= 4 is 28.6 Å². The summed E-state index contributed by atoms with van der Waals surface area (Å²) in [6.07, 6.45) is 3.77. The molecule has 0 aliphatic carbocycles. The van der Waals surface area contributed by atoms with E-state index in [-0.39, 0.29) is 12.3 Å². The van der Waals surface area contributed by atoms with Crippen LogP contribution in [0.2, 0.25) is 0 Å². The van der Waals surface area contributed by atoms with E-state index in [2.05, 4.69) is 34.0 Å². The molecule has 0 spiro atoms. The van der Waals surface area contributed by atoms with Gasteiger partial charge < -0.3 is 10.2 Å². The van der Waals surface area contributed by atoms with Crippen molar-refractivity contribution in [3.8, 4) is 10.6 Å². The summed E-state index contributed by atoms with van der Waals surface area (Å²) in [4.78, 5) is 23.2. The highest BCUT2D eigenvalue weighted by atomic mass is 32.1. The molecule has 0 fully saturated rings. The molecule has 3 rings (SSSR count). The van der Waals surface area contributed by atoms with E-state index in [1.54, 1.807) is 12.4 Å². The highest BCUT2D eigenvalue weighted by Gasteiger charge is 2.10. The predicted molar refractivity (Wildman–Crippen MR) is 108 cm³/mol. The standard InChI is InChI=1S/C20H22N4OS/c1-3-24(4-2)18-9-7-16(8-10-18)22-19(25)12-17-14-26-20(23-17)15-6-5-11-21-13-15/h5-11,13-14H,3-4,12H2,1-2H3,(H,22,25). The Morgan fingerprint density at radius 3 is 2.58 bits per heavy atom. The smallest absolute Gasteiger partial charge is 0.230 e. The molecular formula is C20H22N4OS. The van der Waals surface area contributed by atoms with Crippen molar-refractivity contribution in [3.63, 3.8) is 0 Å². The van der Waals surface area contributed by atoms with Crippen molar-refractivity contribution in [2.24, 2.45) is 0 Å². The number of hydrogen-bond donors (Lipinski definition) is 1. The zero-order valence-electron chi connectivity index (χ0n) is 15.0. The lowest BCUT2D eigenvalue weighted by atomic mass is 10.2. The third-order valence-corrected chi connectivity index (χ3v) is 5.02. The van der Waals surface area contributed by atoms with Crippen molar-refractivity contribution in [2.45, 2.75) is 20.3 Å². The lowest BCUT2D eigenvalue weighted by molar-refractivity contribution is -0.115. The quantitative estimate of drug-likeness (QED) is 0.680. The van der Waals surface area contributed by atoms with Gasteiger partial charge >= 0.3 is 0 Å². The number of hydrogen-bond acceptors (Lipinski definition) is 5. The van der Waals surface area contributed by atoms with Crippen molar-refractivity contribution in [1.82, 2.24) is 9.97 Å². The Kier molecular flexibility index (Phi) is 5.96. The molecule has 0 unspecified atom stereocenters. The van der Waals surface area contributed by atoms with Gasteiger partial charge in [0.05, 0.1) is 12.1 Å². The van der Waals surface area contributed by atoms with E-state index in [4.69, 9.17) is 0 Å². The molecule has 0 atom stereocenters. The first kappa shape index (κ1) is 18.1. The number of amides is 1. The third-order valence-electron chi connectivity index (χ3n) is 4.08. The summed E-state index contributed by atoms with van der Waals surface area (Å²) in [5, 5.41) is 5.74. The predicted octanol–water partition coefficient (Wildman–Crippen LogP) is 4.23. The maximum atomic E-state index is 12.3. The molecule has 5 nitrogen and oxygen atoms in total. The van der Waals surface area contributed by atoms with Gasteiger partial charge in [0.2, 0.25) is 5.91 Å². The Morgan fingerprint density at radius 1 is 1.15 bits per heavy atom. The number of nitrogens with one attached hydrogen (secondary N) is 1. The van der Waals surface area contributed by atoms with E-state index < -0.39 is 0 Å². The number of nitrogens with zero attached hydrogens (tertiary/aromatic N) is 3. The normalized spacial score (nSPS) is 10.5. The molecule has 26 heavy (non-hydrogen) atoms. The number of thiazole rings is 1. The molecule has 0 bridgehead atoms. The first-order chi connectivity index (χ1) is 12.7. The molecule has 6 heteroatoms. The van der Waals surface area contributed by atoms with Gasteiger partial charge in [-0.3, -0.25) is 9.78 Å². The van der Waals surface area contributed by atoms with E-state index in [0.29, 0.717) is 0 Å². The SMILES string of the molecule is CCN(CC)c1ccc(NC(=O)Cc2csc(-c3cccnc3)n2)cc1. The zero-order chi connectivity index (χ0) is 18.4. The highest BCUT2D eigenvalue weighted by molar-refractivity contribution is 7.13. The molecule has 2 heterocycles. The van der Waals surface area contributed by atoms with Gasteiger partial charge in [-0.15, -0.1) is 11.3 Å². The van der Waals surface area contributed by atoms with Gasteiger partial charge in [-0.25, -0.2) is 4.98 Å². The molecule has 0 aliphatic heterocycles. The number of aromatic nitrogens is 2. The second kappa shape index (κ2) is 8.58. The Hall–Kier alpha value is -2.73. The molecular weight excluding hydrogens is 344 g/mol. The van der Waals surface area contributed by atoms with Gasteiger partial charge in [0.25, 0.3) is 0 Å². The first-order valence-electron chi connectivity index (χ1n) is 8.69. The van der Waals surface area contributed by atoms with Crippen LogP contribution in [0.3, 0.4) is 0 Å². The van der Waals surface area contributed by atoms with Crippen LogP contribution in [0.5, 0.6) is 0 Å². The average Bonchev–Trinajstić information content (AvgIpc) is 3.13. The van der Waals surface area contributed by atoms with E-state index in [1.165, 1.54) is 11.3 Å². The highest BCUT2D eigenvalue weighted by Crippen LogP contribution is 2.23. The van der Waals surface area contributed by atoms with Crippen molar-refractivity contribution in [3.05, 3.63) is 59.9 Å². The average molecular weight is 366 g/mol. The molecule has 3 aromatic rings. The molecule has 0 aliphatic rings. The maximum Gasteiger partial charge on any atom is 0.230 e. The van der Waals surface area contributed by atoms with E-state index >= 15 is 0 Å². The monoisotopic (exact) mass is 366 g/mol. The minimum absolute atomic E-state index is 0.0661. The van der Waals surface area contributed by atoms with Gasteiger partial charge in [-0.05, 0) is 50.2 Å². The number of anilines is 2. The van der Waals surface area contributed by atoms with Crippen molar-refractivity contribution in [1.29, 1.82) is 0 Å². The van der Waals surface area contributed by atoms with E-state index in [0.717, 1.165) is 40.7 Å². The molecule has 1 aromatic carbocycles. The molecule has 0 radical (unpaired) electrons.